The third-order valence-corrected chi connectivity index (χ3v) is 14.5. The van der Waals surface area contributed by atoms with Gasteiger partial charge in [-0.25, -0.2) is 29.7 Å². The van der Waals surface area contributed by atoms with Crippen molar-refractivity contribution in [2.45, 2.75) is 88.2 Å². The number of hydrogen-bond donors (Lipinski definition) is 5. The fourth-order valence-corrected chi connectivity index (χ4v) is 10.2. The first-order valence-electron chi connectivity index (χ1n) is 24.6. The van der Waals surface area contributed by atoms with Crippen molar-refractivity contribution in [1.29, 1.82) is 5.26 Å². The molecule has 74 heavy (non-hydrogen) atoms. The number of hydrogen-bond acceptors (Lipinski definition) is 18. The molecule has 4 fully saturated rings. The molecule has 4 amide bonds. The molecule has 4 aromatic rings. The molecule has 9 rings (SSSR count). The topological polar surface area (TPSA) is 277 Å². The van der Waals surface area contributed by atoms with E-state index in [9.17, 15) is 47.8 Å². The molecule has 5 N–H and O–H groups in total. The number of nitriles is 1. The zero-order valence-corrected chi connectivity index (χ0v) is 40.7. The Hall–Kier alpha value is -7.14. The Morgan fingerprint density at radius 2 is 1.68 bits per heavy atom. The molecule has 3 saturated heterocycles. The van der Waals surface area contributed by atoms with Crippen molar-refractivity contribution in [1.82, 2.24) is 50.3 Å². The van der Waals surface area contributed by atoms with Crippen LogP contribution in [0.25, 0.3) is 11.3 Å². The molecular weight excluding hydrogens is 970 g/mol. The van der Waals surface area contributed by atoms with Gasteiger partial charge in [-0.15, -0.1) is 0 Å². The number of Topliss-reactive ketones (excluding diaryl/α,β-unsaturated/α-hetero) is 1. The molecule has 0 bridgehead atoms. The smallest absolute Gasteiger partial charge is 0.388 e. The summed E-state index contributed by atoms with van der Waals surface area (Å²) < 4.78 is 50.6. The van der Waals surface area contributed by atoms with Gasteiger partial charge in [-0.2, -0.15) is 18.4 Å². The number of pyridine rings is 2. The van der Waals surface area contributed by atoms with Crippen LogP contribution in [0.15, 0.2) is 55.2 Å². The van der Waals surface area contributed by atoms with Crippen LogP contribution in [0.1, 0.15) is 66.8 Å². The van der Waals surface area contributed by atoms with Crippen molar-refractivity contribution >= 4 is 41.2 Å². The Kier molecular flexibility index (Phi) is 15.2. The minimum Gasteiger partial charge on any atom is -0.388 e. The van der Waals surface area contributed by atoms with E-state index >= 15 is 0 Å². The van der Waals surface area contributed by atoms with Crippen LogP contribution in [-0.4, -0.2) is 175 Å². The van der Waals surface area contributed by atoms with E-state index in [0.29, 0.717) is 104 Å². The molecular formula is C49H57F3N14O8. The normalized spacial score (nSPS) is 24.5. The van der Waals surface area contributed by atoms with Crippen molar-refractivity contribution in [3.8, 4) is 17.3 Å². The molecule has 0 unspecified atom stereocenters. The van der Waals surface area contributed by atoms with Gasteiger partial charge in [-0.3, -0.25) is 19.4 Å². The highest BCUT2D eigenvalue weighted by Crippen LogP contribution is 2.40. The second-order valence-corrected chi connectivity index (χ2v) is 19.5. The van der Waals surface area contributed by atoms with E-state index in [1.54, 1.807) is 41.7 Å². The number of aliphatic hydroxyl groups is 2. The van der Waals surface area contributed by atoms with Crippen LogP contribution in [0.5, 0.6) is 0 Å². The molecule has 4 aliphatic heterocycles. The van der Waals surface area contributed by atoms with Crippen LogP contribution in [0.3, 0.4) is 0 Å². The van der Waals surface area contributed by atoms with Gasteiger partial charge < -0.3 is 55.2 Å². The molecule has 392 valence electrons. The predicted molar refractivity (Wildman–Crippen MR) is 257 cm³/mol. The number of fused-ring (bicyclic) bond motifs is 2. The summed E-state index contributed by atoms with van der Waals surface area (Å²) in [6.45, 7) is 6.98. The van der Waals surface area contributed by atoms with Crippen LogP contribution in [-0.2, 0) is 31.8 Å². The first-order chi connectivity index (χ1) is 35.5. The van der Waals surface area contributed by atoms with Crippen LogP contribution >= 0.6 is 0 Å². The van der Waals surface area contributed by atoms with E-state index in [-0.39, 0.29) is 86.8 Å². The molecule has 5 atom stereocenters. The van der Waals surface area contributed by atoms with Gasteiger partial charge in [-0.1, -0.05) is 6.07 Å². The predicted octanol–water partition coefficient (Wildman–Crippen LogP) is 2.18. The maximum absolute atomic E-state index is 13.5. The van der Waals surface area contributed by atoms with Crippen molar-refractivity contribution in [3.05, 3.63) is 77.8 Å². The van der Waals surface area contributed by atoms with Gasteiger partial charge in [0, 0.05) is 93.9 Å². The van der Waals surface area contributed by atoms with Crippen molar-refractivity contribution < 1.29 is 52.0 Å². The lowest BCUT2D eigenvalue weighted by Crippen LogP contribution is -2.58. The van der Waals surface area contributed by atoms with Gasteiger partial charge in [0.05, 0.1) is 61.1 Å². The fourth-order valence-electron chi connectivity index (χ4n) is 10.2. The second-order valence-electron chi connectivity index (χ2n) is 19.5. The number of nitrogens with one attached hydrogen (secondary N) is 3. The third-order valence-electron chi connectivity index (χ3n) is 14.5. The number of urea groups is 1. The molecule has 4 aromatic heterocycles. The van der Waals surface area contributed by atoms with Crippen molar-refractivity contribution in [2.24, 2.45) is 11.8 Å². The maximum atomic E-state index is 13.5. The summed E-state index contributed by atoms with van der Waals surface area (Å²) in [5.41, 5.74) is 0.634. The highest BCUT2D eigenvalue weighted by Gasteiger charge is 2.46. The number of aliphatic hydroxyl groups excluding tert-OH is 2. The highest BCUT2D eigenvalue weighted by atomic mass is 19.4. The number of halogens is 3. The Balaban J connectivity index is 0.659. The molecule has 1 aliphatic carbocycles. The average molecular weight is 1030 g/mol. The molecule has 1 saturated carbocycles. The first kappa shape index (κ1) is 51.7. The molecule has 0 aromatic carbocycles. The number of rotatable bonds is 16. The summed E-state index contributed by atoms with van der Waals surface area (Å²) in [4.78, 5) is 85.8. The van der Waals surface area contributed by atoms with Crippen molar-refractivity contribution in [2.75, 3.05) is 80.8 Å². The first-order valence-corrected chi connectivity index (χ1v) is 24.6. The molecule has 25 heteroatoms. The van der Waals surface area contributed by atoms with Crippen LogP contribution in [0.2, 0.25) is 0 Å². The quantitative estimate of drug-likeness (QED) is 0.101. The van der Waals surface area contributed by atoms with Crippen LogP contribution in [0, 0.1) is 23.2 Å². The largest absolute Gasteiger partial charge is 0.434 e. The number of amides is 4. The van der Waals surface area contributed by atoms with Gasteiger partial charge in [0.25, 0.3) is 0 Å². The number of nitrogens with zero attached hydrogens (tertiary/aromatic N) is 11. The number of anilines is 3. The highest BCUT2D eigenvalue weighted by molar-refractivity contribution is 6.13. The van der Waals surface area contributed by atoms with E-state index in [4.69, 9.17) is 14.5 Å². The SMILES string of the molecule is CC1(C)C(=O)c2ccc(-c3cnc(N4CCN5C(=O)N(CCOCCNC(=O)C6CCC(C(=O)NC[C@H]7OC[C@H](Nc8cncc(C(F)(F)F)n8)[C@@H](O)[C@H]7O)CC6)C[C@@H]5C4)nc3)nc2N1Cc1cccnc1C#N. The molecule has 8 heterocycles. The summed E-state index contributed by atoms with van der Waals surface area (Å²) in [5, 5.41) is 39.2. The number of carbonyl (C=O) groups is 4. The summed E-state index contributed by atoms with van der Waals surface area (Å²) in [6.07, 6.45) is -0.0354. The number of ketones is 1. The number of aromatic nitrogens is 6. The summed E-state index contributed by atoms with van der Waals surface area (Å²) in [5.74, 6) is -0.304. The minimum atomic E-state index is -4.71. The number of piperazine rings is 1. The van der Waals surface area contributed by atoms with Crippen LogP contribution in [0.4, 0.5) is 35.5 Å². The third kappa shape index (κ3) is 11.0. The fraction of sp³-hybridized carbons (Fsp3) is 0.531. The lowest BCUT2D eigenvalue weighted by molar-refractivity contribution is -0.144. The van der Waals surface area contributed by atoms with Gasteiger partial charge in [0.2, 0.25) is 17.8 Å². The minimum absolute atomic E-state index is 0.0612. The number of carbonyl (C=O) groups excluding carboxylic acids is 4. The zero-order valence-electron chi connectivity index (χ0n) is 40.7. The lowest BCUT2D eigenvalue weighted by atomic mass is 9.81. The molecule has 0 spiro atoms. The Bertz CT molecular complexity index is 2760. The Morgan fingerprint density at radius 1 is 0.932 bits per heavy atom. The van der Waals surface area contributed by atoms with Crippen LogP contribution < -0.4 is 25.8 Å². The average Bonchev–Trinajstić information content (AvgIpc) is 3.82. The Morgan fingerprint density at radius 3 is 2.41 bits per heavy atom. The van der Waals surface area contributed by atoms with Gasteiger partial charge in [-0.05, 0) is 57.7 Å². The molecule has 22 nitrogen and oxygen atoms in total. The summed E-state index contributed by atoms with van der Waals surface area (Å²) in [6, 6.07) is 8.15. The number of ether oxygens (including phenoxy) is 2. The standard InChI is InChI=1S/C49H57F3N14O8/c1-48(2)42(69)33-9-10-34(61-43(33)66(48)24-30-4-3-11-55-35(30)18-53)31-19-58-46(59-20-31)63-13-14-65-32(25-63)26-64(47(65)72)15-17-73-16-12-56-44(70)28-5-7-29(8-6-28)45(71)57-21-37-41(68)40(67)36(27-74-37)60-39-23-54-22-38(62-39)49(50,51)52/h3-4,9-11,19-20,22-23,28-29,32,36-37,40-41,67-68H,5-8,12-17,21,24-27H2,1-2H3,(H,56,70)(H,57,71)(H,60,62)/t28?,29?,32-,36-,37+,40+,41-/m0/s1. The van der Waals surface area contributed by atoms with E-state index in [2.05, 4.69) is 51.8 Å². The maximum Gasteiger partial charge on any atom is 0.434 e. The Labute approximate surface area is 423 Å². The van der Waals surface area contributed by atoms with E-state index in [0.717, 1.165) is 6.20 Å². The van der Waals surface area contributed by atoms with E-state index < -0.39 is 41.8 Å². The summed E-state index contributed by atoms with van der Waals surface area (Å²) in [7, 11) is 0. The van der Waals surface area contributed by atoms with Gasteiger partial charge in [0.1, 0.15) is 41.7 Å². The summed E-state index contributed by atoms with van der Waals surface area (Å²) >= 11 is 0. The second kappa shape index (κ2) is 21.8. The monoisotopic (exact) mass is 1030 g/mol. The lowest BCUT2D eigenvalue weighted by Gasteiger charge is -2.38. The van der Waals surface area contributed by atoms with Crippen molar-refractivity contribution in [3.63, 3.8) is 0 Å². The number of alkyl halides is 3. The molecule has 0 radical (unpaired) electrons. The zero-order chi connectivity index (χ0) is 52.3. The molecule has 5 aliphatic rings. The van der Waals surface area contributed by atoms with Gasteiger partial charge in [0.15, 0.2) is 11.5 Å². The van der Waals surface area contributed by atoms with Gasteiger partial charge >= 0.3 is 12.2 Å². The van der Waals surface area contributed by atoms with E-state index in [1.807, 2.05) is 29.7 Å². The van der Waals surface area contributed by atoms with E-state index in [1.165, 1.54) is 0 Å².